The van der Waals surface area contributed by atoms with E-state index in [-0.39, 0.29) is 24.4 Å². The standard InChI is InChI=1S/C20H20FN3O4/c1-28-17-9-2-14(3-10-17)4-11-18(25)22-13-12-19(26)23-24-20(27)15-5-7-16(21)8-6-15/h2-11H,12-13H2,1H3,(H,22,25)(H,23,26)(H,24,27)/b11-4+. The summed E-state index contributed by atoms with van der Waals surface area (Å²) in [5, 5.41) is 2.57. The summed E-state index contributed by atoms with van der Waals surface area (Å²) in [6, 6.07) is 12.1. The molecule has 0 aliphatic carbocycles. The molecule has 0 saturated heterocycles. The minimum Gasteiger partial charge on any atom is -0.497 e. The summed E-state index contributed by atoms with van der Waals surface area (Å²) in [7, 11) is 1.57. The number of amides is 3. The Kier molecular flexibility index (Phi) is 7.71. The molecule has 0 atom stereocenters. The first kappa shape index (κ1) is 20.6. The van der Waals surface area contributed by atoms with E-state index in [1.807, 2.05) is 0 Å². The zero-order chi connectivity index (χ0) is 20.4. The van der Waals surface area contributed by atoms with E-state index in [1.54, 1.807) is 37.5 Å². The zero-order valence-electron chi connectivity index (χ0n) is 15.2. The van der Waals surface area contributed by atoms with Gasteiger partial charge < -0.3 is 10.1 Å². The Morgan fingerprint density at radius 3 is 2.32 bits per heavy atom. The molecule has 28 heavy (non-hydrogen) atoms. The third-order valence-electron chi connectivity index (χ3n) is 3.62. The molecule has 0 bridgehead atoms. The number of rotatable bonds is 7. The number of benzene rings is 2. The van der Waals surface area contributed by atoms with Gasteiger partial charge in [0.25, 0.3) is 5.91 Å². The average Bonchev–Trinajstić information content (AvgIpc) is 2.71. The maximum absolute atomic E-state index is 12.8. The van der Waals surface area contributed by atoms with E-state index in [1.165, 1.54) is 18.2 Å². The fourth-order valence-corrected chi connectivity index (χ4v) is 2.11. The van der Waals surface area contributed by atoms with Crippen molar-refractivity contribution in [3.05, 3.63) is 71.6 Å². The van der Waals surface area contributed by atoms with Gasteiger partial charge in [-0.25, -0.2) is 4.39 Å². The van der Waals surface area contributed by atoms with Gasteiger partial charge in [0, 0.05) is 24.6 Å². The Labute approximate surface area is 161 Å². The quantitative estimate of drug-likeness (QED) is 0.500. The molecule has 3 amide bonds. The molecule has 2 aromatic carbocycles. The molecule has 2 rings (SSSR count). The van der Waals surface area contributed by atoms with Crippen LogP contribution in [-0.2, 0) is 9.59 Å². The second kappa shape index (κ2) is 10.5. The Bertz CT molecular complexity index is 849. The second-order valence-corrected chi connectivity index (χ2v) is 5.66. The Morgan fingerprint density at radius 2 is 1.68 bits per heavy atom. The molecular formula is C20H20FN3O4. The van der Waals surface area contributed by atoms with Crippen LogP contribution in [0.2, 0.25) is 0 Å². The molecule has 0 unspecified atom stereocenters. The summed E-state index contributed by atoms with van der Waals surface area (Å²) in [5.74, 6) is -1.13. The number of halogens is 1. The van der Waals surface area contributed by atoms with Gasteiger partial charge in [0.1, 0.15) is 11.6 Å². The first-order chi connectivity index (χ1) is 13.5. The lowest BCUT2D eigenvalue weighted by Crippen LogP contribution is -2.42. The van der Waals surface area contributed by atoms with E-state index in [0.29, 0.717) is 0 Å². The molecule has 3 N–H and O–H groups in total. The van der Waals surface area contributed by atoms with E-state index in [9.17, 15) is 18.8 Å². The van der Waals surface area contributed by atoms with Gasteiger partial charge in [0.05, 0.1) is 7.11 Å². The molecule has 0 aromatic heterocycles. The van der Waals surface area contributed by atoms with Crippen LogP contribution in [0.5, 0.6) is 5.75 Å². The van der Waals surface area contributed by atoms with Crippen molar-refractivity contribution >= 4 is 23.8 Å². The molecule has 0 fully saturated rings. The van der Waals surface area contributed by atoms with Crippen molar-refractivity contribution in [1.29, 1.82) is 0 Å². The summed E-state index contributed by atoms with van der Waals surface area (Å²) in [6.07, 6.45) is 2.97. The molecule has 146 valence electrons. The van der Waals surface area contributed by atoms with Crippen LogP contribution in [0, 0.1) is 5.82 Å². The number of nitrogens with one attached hydrogen (secondary N) is 3. The molecular weight excluding hydrogens is 365 g/mol. The summed E-state index contributed by atoms with van der Waals surface area (Å²) >= 11 is 0. The molecule has 0 radical (unpaired) electrons. The maximum atomic E-state index is 12.8. The van der Waals surface area contributed by atoms with Crippen molar-refractivity contribution in [3.63, 3.8) is 0 Å². The van der Waals surface area contributed by atoms with Crippen LogP contribution < -0.4 is 20.9 Å². The molecule has 2 aromatic rings. The number of hydrazine groups is 1. The van der Waals surface area contributed by atoms with Gasteiger partial charge in [-0.2, -0.15) is 0 Å². The van der Waals surface area contributed by atoms with E-state index in [4.69, 9.17) is 4.74 Å². The first-order valence-corrected chi connectivity index (χ1v) is 8.42. The normalized spacial score (nSPS) is 10.4. The van der Waals surface area contributed by atoms with Gasteiger partial charge in [-0.05, 0) is 48.0 Å². The minimum atomic E-state index is -0.570. The van der Waals surface area contributed by atoms with Gasteiger partial charge in [-0.1, -0.05) is 12.1 Å². The lowest BCUT2D eigenvalue weighted by Gasteiger charge is -2.07. The van der Waals surface area contributed by atoms with Crippen LogP contribution >= 0.6 is 0 Å². The number of ether oxygens (including phenoxy) is 1. The summed E-state index contributed by atoms with van der Waals surface area (Å²) < 4.78 is 17.9. The third-order valence-corrected chi connectivity index (χ3v) is 3.62. The van der Waals surface area contributed by atoms with Crippen molar-refractivity contribution in [1.82, 2.24) is 16.2 Å². The SMILES string of the molecule is COc1ccc(/C=C/C(=O)NCCC(=O)NNC(=O)c2ccc(F)cc2)cc1. The largest absolute Gasteiger partial charge is 0.497 e. The van der Waals surface area contributed by atoms with Crippen LogP contribution in [0.1, 0.15) is 22.3 Å². The van der Waals surface area contributed by atoms with E-state index < -0.39 is 17.6 Å². The fourth-order valence-electron chi connectivity index (χ4n) is 2.11. The predicted molar refractivity (Wildman–Crippen MR) is 102 cm³/mol. The molecule has 0 spiro atoms. The minimum absolute atomic E-state index is 0.0220. The van der Waals surface area contributed by atoms with Gasteiger partial charge in [-0.15, -0.1) is 0 Å². The highest BCUT2D eigenvalue weighted by Gasteiger charge is 2.07. The van der Waals surface area contributed by atoms with Crippen molar-refractivity contribution < 1.29 is 23.5 Å². The van der Waals surface area contributed by atoms with E-state index >= 15 is 0 Å². The molecule has 8 heteroatoms. The number of methoxy groups -OCH3 is 1. The highest BCUT2D eigenvalue weighted by Crippen LogP contribution is 2.12. The van der Waals surface area contributed by atoms with Gasteiger partial charge in [0.15, 0.2) is 0 Å². The van der Waals surface area contributed by atoms with Crippen LogP contribution in [0.15, 0.2) is 54.6 Å². The molecule has 7 nitrogen and oxygen atoms in total. The van der Waals surface area contributed by atoms with Crippen molar-refractivity contribution in [2.75, 3.05) is 13.7 Å². The number of hydrogen-bond donors (Lipinski definition) is 3. The predicted octanol–water partition coefficient (Wildman–Crippen LogP) is 1.81. The second-order valence-electron chi connectivity index (χ2n) is 5.66. The maximum Gasteiger partial charge on any atom is 0.269 e. The molecule has 0 saturated carbocycles. The zero-order valence-corrected chi connectivity index (χ0v) is 15.2. The number of carbonyl (C=O) groups excluding carboxylic acids is 3. The van der Waals surface area contributed by atoms with Crippen molar-refractivity contribution in [3.8, 4) is 5.75 Å². The van der Waals surface area contributed by atoms with Gasteiger partial charge in [0.2, 0.25) is 11.8 Å². The van der Waals surface area contributed by atoms with Crippen molar-refractivity contribution in [2.24, 2.45) is 0 Å². The van der Waals surface area contributed by atoms with E-state index in [2.05, 4.69) is 16.2 Å². The van der Waals surface area contributed by atoms with Crippen LogP contribution in [0.3, 0.4) is 0 Å². The Morgan fingerprint density at radius 1 is 1.00 bits per heavy atom. The van der Waals surface area contributed by atoms with E-state index in [0.717, 1.165) is 23.4 Å². The lowest BCUT2D eigenvalue weighted by molar-refractivity contribution is -0.122. The lowest BCUT2D eigenvalue weighted by atomic mass is 10.2. The molecule has 0 heterocycles. The monoisotopic (exact) mass is 385 g/mol. The van der Waals surface area contributed by atoms with Crippen molar-refractivity contribution in [2.45, 2.75) is 6.42 Å². The van der Waals surface area contributed by atoms with Crippen LogP contribution in [0.4, 0.5) is 4.39 Å². The molecule has 0 aliphatic rings. The summed E-state index contributed by atoms with van der Waals surface area (Å²) in [5.41, 5.74) is 5.48. The van der Waals surface area contributed by atoms with Crippen LogP contribution in [-0.4, -0.2) is 31.4 Å². The summed E-state index contributed by atoms with van der Waals surface area (Å²) in [4.78, 5) is 35.2. The average molecular weight is 385 g/mol. The van der Waals surface area contributed by atoms with Crippen LogP contribution in [0.25, 0.3) is 6.08 Å². The smallest absolute Gasteiger partial charge is 0.269 e. The first-order valence-electron chi connectivity index (χ1n) is 8.42. The Hall–Kier alpha value is -3.68. The Balaban J connectivity index is 1.66. The highest BCUT2D eigenvalue weighted by atomic mass is 19.1. The summed E-state index contributed by atoms with van der Waals surface area (Å²) in [6.45, 7) is 0.101. The fraction of sp³-hybridized carbons (Fsp3) is 0.150. The number of hydrogen-bond acceptors (Lipinski definition) is 4. The van der Waals surface area contributed by atoms with Gasteiger partial charge in [-0.3, -0.25) is 25.2 Å². The topological polar surface area (TPSA) is 96.5 Å². The molecule has 0 aliphatic heterocycles. The highest BCUT2D eigenvalue weighted by molar-refractivity contribution is 5.95. The number of carbonyl (C=O) groups is 3. The van der Waals surface area contributed by atoms with Gasteiger partial charge >= 0.3 is 0 Å². The third kappa shape index (κ3) is 6.91.